The number of piperazine rings is 1. The monoisotopic (exact) mass is 435 g/mol. The van der Waals surface area contributed by atoms with Crippen LogP contribution in [0.1, 0.15) is 12.0 Å². The molecule has 0 aliphatic carbocycles. The van der Waals surface area contributed by atoms with Gasteiger partial charge in [-0.3, -0.25) is 0 Å². The number of anilines is 1. The molecule has 1 aromatic heterocycles. The Hall–Kier alpha value is -2.50. The number of nitrogens with zero attached hydrogens (tertiary/aromatic N) is 3. The van der Waals surface area contributed by atoms with Crippen molar-refractivity contribution in [1.29, 1.82) is 5.26 Å². The SMILES string of the molecule is CN1CCN(CCCOCNc2[nH]c3ccc(Sc4ccccc4)cc3c2C#N)CC1. The van der Waals surface area contributed by atoms with Crippen LogP contribution in [0.2, 0.25) is 0 Å². The van der Waals surface area contributed by atoms with Gasteiger partial charge in [-0.25, -0.2) is 0 Å². The molecule has 2 N–H and O–H groups in total. The Morgan fingerprint density at radius 1 is 1.10 bits per heavy atom. The molecule has 6 nitrogen and oxygen atoms in total. The van der Waals surface area contributed by atoms with Crippen LogP contribution in [0.15, 0.2) is 58.3 Å². The van der Waals surface area contributed by atoms with E-state index in [-0.39, 0.29) is 0 Å². The molecule has 7 heteroatoms. The molecule has 1 saturated heterocycles. The zero-order valence-electron chi connectivity index (χ0n) is 17.9. The molecule has 0 radical (unpaired) electrons. The van der Waals surface area contributed by atoms with E-state index in [0.29, 0.717) is 18.9 Å². The highest BCUT2D eigenvalue weighted by Gasteiger charge is 2.14. The van der Waals surface area contributed by atoms with Crippen LogP contribution in [0.4, 0.5) is 5.82 Å². The Labute approximate surface area is 188 Å². The van der Waals surface area contributed by atoms with Gasteiger partial charge in [0.05, 0.1) is 6.61 Å². The average Bonchev–Trinajstić information content (AvgIpc) is 3.14. The van der Waals surface area contributed by atoms with Gasteiger partial charge in [0, 0.05) is 53.4 Å². The molecule has 0 atom stereocenters. The fourth-order valence-electron chi connectivity index (χ4n) is 3.76. The summed E-state index contributed by atoms with van der Waals surface area (Å²) >= 11 is 1.69. The van der Waals surface area contributed by atoms with Gasteiger partial charge < -0.3 is 24.8 Å². The number of hydrogen-bond donors (Lipinski definition) is 2. The molecule has 1 fully saturated rings. The van der Waals surface area contributed by atoms with Crippen molar-refractivity contribution < 1.29 is 4.74 Å². The lowest BCUT2D eigenvalue weighted by atomic mass is 10.2. The summed E-state index contributed by atoms with van der Waals surface area (Å²) in [5.41, 5.74) is 1.58. The lowest BCUT2D eigenvalue weighted by Gasteiger charge is -2.32. The second kappa shape index (κ2) is 10.7. The number of nitrogens with one attached hydrogen (secondary N) is 2. The first-order valence-electron chi connectivity index (χ1n) is 10.7. The van der Waals surface area contributed by atoms with Crippen molar-refractivity contribution in [3.63, 3.8) is 0 Å². The summed E-state index contributed by atoms with van der Waals surface area (Å²) in [6, 6.07) is 18.8. The summed E-state index contributed by atoms with van der Waals surface area (Å²) in [7, 11) is 2.18. The summed E-state index contributed by atoms with van der Waals surface area (Å²) < 4.78 is 5.77. The molecule has 1 aliphatic heterocycles. The third-order valence-corrected chi connectivity index (χ3v) is 6.57. The Kier molecular flexibility index (Phi) is 7.49. The predicted molar refractivity (Wildman–Crippen MR) is 127 cm³/mol. The van der Waals surface area contributed by atoms with Crippen molar-refractivity contribution in [1.82, 2.24) is 14.8 Å². The highest BCUT2D eigenvalue weighted by atomic mass is 32.2. The van der Waals surface area contributed by atoms with Gasteiger partial charge in [0.25, 0.3) is 0 Å². The zero-order valence-corrected chi connectivity index (χ0v) is 18.8. The van der Waals surface area contributed by atoms with Crippen molar-refractivity contribution in [2.75, 3.05) is 58.4 Å². The van der Waals surface area contributed by atoms with Crippen LogP contribution in [0.5, 0.6) is 0 Å². The van der Waals surface area contributed by atoms with E-state index in [1.54, 1.807) is 11.8 Å². The highest BCUT2D eigenvalue weighted by molar-refractivity contribution is 7.99. The van der Waals surface area contributed by atoms with Crippen LogP contribution in [0, 0.1) is 11.3 Å². The second-order valence-electron chi connectivity index (χ2n) is 7.84. The first-order valence-corrected chi connectivity index (χ1v) is 11.6. The lowest BCUT2D eigenvalue weighted by Crippen LogP contribution is -2.44. The van der Waals surface area contributed by atoms with E-state index in [1.165, 1.54) is 4.90 Å². The van der Waals surface area contributed by atoms with Crippen LogP contribution in [0.3, 0.4) is 0 Å². The minimum Gasteiger partial charge on any atom is -0.361 e. The fraction of sp³-hybridized carbons (Fsp3) is 0.375. The summed E-state index contributed by atoms with van der Waals surface area (Å²) in [6.45, 7) is 6.73. The van der Waals surface area contributed by atoms with Gasteiger partial charge >= 0.3 is 0 Å². The maximum Gasteiger partial charge on any atom is 0.124 e. The number of H-pyrrole nitrogens is 1. The van der Waals surface area contributed by atoms with Crippen LogP contribution in [-0.2, 0) is 4.74 Å². The minimum atomic E-state index is 0.385. The van der Waals surface area contributed by atoms with Crippen LogP contribution in [-0.4, -0.2) is 67.9 Å². The summed E-state index contributed by atoms with van der Waals surface area (Å²) in [6.07, 6.45) is 1.02. The van der Waals surface area contributed by atoms with Gasteiger partial charge in [0.1, 0.15) is 24.2 Å². The Morgan fingerprint density at radius 2 is 1.90 bits per heavy atom. The third-order valence-electron chi connectivity index (χ3n) is 5.57. The quantitative estimate of drug-likeness (QED) is 0.388. The Bertz CT molecular complexity index is 1020. The van der Waals surface area contributed by atoms with Crippen molar-refractivity contribution >= 4 is 28.5 Å². The maximum absolute atomic E-state index is 9.72. The molecular weight excluding hydrogens is 406 g/mol. The second-order valence-corrected chi connectivity index (χ2v) is 8.98. The van der Waals surface area contributed by atoms with E-state index in [0.717, 1.165) is 60.8 Å². The van der Waals surface area contributed by atoms with E-state index in [4.69, 9.17) is 4.74 Å². The standard InChI is InChI=1S/C24H29N5OS/c1-28-11-13-29(14-12-28)10-5-15-30-18-26-24-22(17-25)21-16-20(8-9-23(21)27-24)31-19-6-3-2-4-7-19/h2-4,6-9,16,26-27H,5,10-15,18H2,1H3. The highest BCUT2D eigenvalue weighted by Crippen LogP contribution is 2.33. The lowest BCUT2D eigenvalue weighted by molar-refractivity contribution is 0.115. The molecule has 4 rings (SSSR count). The minimum absolute atomic E-state index is 0.385. The van der Waals surface area contributed by atoms with E-state index in [1.807, 2.05) is 24.3 Å². The largest absolute Gasteiger partial charge is 0.361 e. The topological polar surface area (TPSA) is 67.3 Å². The molecule has 3 aromatic rings. The Balaban J connectivity index is 1.29. The molecule has 0 spiro atoms. The summed E-state index contributed by atoms with van der Waals surface area (Å²) in [5, 5.41) is 13.9. The van der Waals surface area contributed by atoms with Gasteiger partial charge in [-0.2, -0.15) is 5.26 Å². The van der Waals surface area contributed by atoms with Crippen molar-refractivity contribution in [3.8, 4) is 6.07 Å². The maximum atomic E-state index is 9.72. The molecule has 0 bridgehead atoms. The van der Waals surface area contributed by atoms with Gasteiger partial charge in [-0.05, 0) is 43.8 Å². The molecule has 0 unspecified atom stereocenters. The van der Waals surface area contributed by atoms with E-state index >= 15 is 0 Å². The molecule has 2 heterocycles. The Morgan fingerprint density at radius 3 is 2.68 bits per heavy atom. The van der Waals surface area contributed by atoms with Gasteiger partial charge in [-0.1, -0.05) is 30.0 Å². The number of hydrogen-bond acceptors (Lipinski definition) is 6. The molecule has 1 aliphatic rings. The van der Waals surface area contributed by atoms with E-state index in [9.17, 15) is 5.26 Å². The van der Waals surface area contributed by atoms with E-state index in [2.05, 4.69) is 57.5 Å². The van der Waals surface area contributed by atoms with Crippen molar-refractivity contribution in [2.24, 2.45) is 0 Å². The van der Waals surface area contributed by atoms with Crippen molar-refractivity contribution in [2.45, 2.75) is 16.2 Å². The van der Waals surface area contributed by atoms with Crippen LogP contribution >= 0.6 is 11.8 Å². The molecule has 0 amide bonds. The fourth-order valence-corrected chi connectivity index (χ4v) is 4.64. The number of nitriles is 1. The smallest absolute Gasteiger partial charge is 0.124 e. The van der Waals surface area contributed by atoms with Crippen LogP contribution < -0.4 is 5.32 Å². The van der Waals surface area contributed by atoms with Gasteiger partial charge in [0.15, 0.2) is 0 Å². The zero-order chi connectivity index (χ0) is 21.5. The molecular formula is C24H29N5OS. The summed E-state index contributed by atoms with van der Waals surface area (Å²) in [4.78, 5) is 10.5. The molecule has 162 valence electrons. The number of rotatable bonds is 9. The van der Waals surface area contributed by atoms with Gasteiger partial charge in [0.2, 0.25) is 0 Å². The third kappa shape index (κ3) is 5.81. The summed E-state index contributed by atoms with van der Waals surface area (Å²) in [5.74, 6) is 0.721. The molecule has 2 aromatic carbocycles. The number of ether oxygens (including phenoxy) is 1. The number of aromatic amines is 1. The number of benzene rings is 2. The van der Waals surface area contributed by atoms with Crippen LogP contribution in [0.25, 0.3) is 10.9 Å². The molecule has 31 heavy (non-hydrogen) atoms. The first-order chi connectivity index (χ1) is 15.2. The van der Waals surface area contributed by atoms with Gasteiger partial charge in [-0.15, -0.1) is 0 Å². The van der Waals surface area contributed by atoms with Crippen molar-refractivity contribution in [3.05, 3.63) is 54.1 Å². The van der Waals surface area contributed by atoms with E-state index < -0.39 is 0 Å². The molecule has 0 saturated carbocycles. The number of likely N-dealkylation sites (N-methyl/N-ethyl adjacent to an activating group) is 1. The first kappa shape index (κ1) is 21.7. The number of aromatic nitrogens is 1. The average molecular weight is 436 g/mol. The predicted octanol–water partition coefficient (Wildman–Crippen LogP) is 4.21. The number of fused-ring (bicyclic) bond motifs is 1. The normalized spacial score (nSPS) is 15.2.